The molecule has 1 atom stereocenters. The molecule has 0 aliphatic carbocycles. The van der Waals surface area contributed by atoms with Crippen molar-refractivity contribution in [3.8, 4) is 0 Å². The molecule has 1 saturated heterocycles. The van der Waals surface area contributed by atoms with Gasteiger partial charge in [-0.2, -0.15) is 0 Å². The first-order valence-corrected chi connectivity index (χ1v) is 8.23. The molecule has 0 saturated carbocycles. The number of rotatable bonds is 4. The molecule has 0 amide bonds. The Labute approximate surface area is 134 Å². The van der Waals surface area contributed by atoms with Gasteiger partial charge in [-0.15, -0.1) is 0 Å². The van der Waals surface area contributed by atoms with Crippen molar-refractivity contribution in [2.75, 3.05) is 13.1 Å². The summed E-state index contributed by atoms with van der Waals surface area (Å²) in [4.78, 5) is 2.56. The van der Waals surface area contributed by atoms with Gasteiger partial charge in [-0.3, -0.25) is 4.90 Å². The summed E-state index contributed by atoms with van der Waals surface area (Å²) >= 11 is 0. The van der Waals surface area contributed by atoms with Crippen molar-refractivity contribution in [1.29, 1.82) is 0 Å². The largest absolute Gasteiger partial charge is 0.298 e. The van der Waals surface area contributed by atoms with Crippen molar-refractivity contribution in [1.82, 2.24) is 4.90 Å². The van der Waals surface area contributed by atoms with Crippen molar-refractivity contribution in [2.45, 2.75) is 26.8 Å². The number of hydrogen-bond acceptors (Lipinski definition) is 1. The van der Waals surface area contributed by atoms with Crippen molar-refractivity contribution < 1.29 is 0 Å². The Hall–Kier alpha value is -1.86. The second kappa shape index (κ2) is 6.93. The lowest BCUT2D eigenvalue weighted by Gasteiger charge is -2.15. The average Bonchev–Trinajstić information content (AvgIpc) is 2.95. The lowest BCUT2D eigenvalue weighted by Crippen LogP contribution is -2.19. The Morgan fingerprint density at radius 1 is 1.00 bits per heavy atom. The van der Waals surface area contributed by atoms with Gasteiger partial charge in [0.05, 0.1) is 0 Å². The fraction of sp³-hybridized carbons (Fsp3) is 0.333. The quantitative estimate of drug-likeness (QED) is 0.779. The standard InChI is InChI=1S/C21H25N/c1-17-7-6-8-18(2)21(17)12-11-20-13-14-22(16-20)15-19-9-4-3-5-10-19/h3-12,20H,13-16H2,1-2H3. The zero-order valence-corrected chi connectivity index (χ0v) is 13.6. The fourth-order valence-electron chi connectivity index (χ4n) is 3.33. The molecule has 22 heavy (non-hydrogen) atoms. The predicted octanol–water partition coefficient (Wildman–Crippen LogP) is 4.84. The highest BCUT2D eigenvalue weighted by atomic mass is 15.1. The van der Waals surface area contributed by atoms with Crippen LogP contribution in [-0.4, -0.2) is 18.0 Å². The minimum Gasteiger partial charge on any atom is -0.298 e. The molecule has 2 aromatic rings. The third-order valence-electron chi connectivity index (χ3n) is 4.64. The highest BCUT2D eigenvalue weighted by molar-refractivity contribution is 5.57. The third kappa shape index (κ3) is 3.66. The minimum absolute atomic E-state index is 0.683. The van der Waals surface area contributed by atoms with Crippen LogP contribution in [0.3, 0.4) is 0 Å². The van der Waals surface area contributed by atoms with Crippen molar-refractivity contribution >= 4 is 6.08 Å². The molecule has 1 heteroatoms. The maximum absolute atomic E-state index is 2.56. The van der Waals surface area contributed by atoms with Gasteiger partial charge in [-0.05, 0) is 55.0 Å². The highest BCUT2D eigenvalue weighted by Gasteiger charge is 2.20. The van der Waals surface area contributed by atoms with E-state index in [0.29, 0.717) is 5.92 Å². The fourth-order valence-corrected chi connectivity index (χ4v) is 3.33. The molecule has 3 rings (SSSR count). The highest BCUT2D eigenvalue weighted by Crippen LogP contribution is 2.22. The first kappa shape index (κ1) is 15.1. The van der Waals surface area contributed by atoms with Crippen molar-refractivity contribution in [3.05, 3.63) is 76.9 Å². The lowest BCUT2D eigenvalue weighted by atomic mass is 10.00. The summed E-state index contributed by atoms with van der Waals surface area (Å²) in [6.07, 6.45) is 6.02. The van der Waals surface area contributed by atoms with Gasteiger partial charge in [0.2, 0.25) is 0 Å². The van der Waals surface area contributed by atoms with Crippen LogP contribution in [0.4, 0.5) is 0 Å². The third-order valence-corrected chi connectivity index (χ3v) is 4.64. The van der Waals surface area contributed by atoms with E-state index in [-0.39, 0.29) is 0 Å². The van der Waals surface area contributed by atoms with Gasteiger partial charge in [0.25, 0.3) is 0 Å². The maximum Gasteiger partial charge on any atom is 0.0233 e. The Balaban J connectivity index is 1.60. The second-order valence-corrected chi connectivity index (χ2v) is 6.43. The molecule has 1 unspecified atom stereocenters. The minimum atomic E-state index is 0.683. The molecular formula is C21H25N. The summed E-state index contributed by atoms with van der Waals surface area (Å²) in [7, 11) is 0. The molecule has 114 valence electrons. The van der Waals surface area contributed by atoms with E-state index < -0.39 is 0 Å². The van der Waals surface area contributed by atoms with Gasteiger partial charge in [0.1, 0.15) is 0 Å². The van der Waals surface area contributed by atoms with E-state index >= 15 is 0 Å². The van der Waals surface area contributed by atoms with Crippen molar-refractivity contribution in [2.24, 2.45) is 5.92 Å². The zero-order chi connectivity index (χ0) is 15.4. The molecule has 1 aliphatic rings. The second-order valence-electron chi connectivity index (χ2n) is 6.43. The molecule has 1 nitrogen and oxygen atoms in total. The lowest BCUT2D eigenvalue weighted by molar-refractivity contribution is 0.324. The Morgan fingerprint density at radius 3 is 2.45 bits per heavy atom. The molecular weight excluding hydrogens is 266 g/mol. The number of aryl methyl sites for hydroxylation is 2. The molecule has 1 aliphatic heterocycles. The van der Waals surface area contributed by atoms with Gasteiger partial charge < -0.3 is 0 Å². The van der Waals surface area contributed by atoms with Crippen molar-refractivity contribution in [3.63, 3.8) is 0 Å². The van der Waals surface area contributed by atoms with Gasteiger partial charge in [0, 0.05) is 13.1 Å². The van der Waals surface area contributed by atoms with E-state index in [4.69, 9.17) is 0 Å². The monoisotopic (exact) mass is 291 g/mol. The van der Waals surface area contributed by atoms with Crippen LogP contribution in [0.15, 0.2) is 54.6 Å². The van der Waals surface area contributed by atoms with Crippen LogP contribution in [0.5, 0.6) is 0 Å². The number of likely N-dealkylation sites (tertiary alicyclic amines) is 1. The Kier molecular flexibility index (Phi) is 4.74. The summed E-state index contributed by atoms with van der Waals surface area (Å²) in [6, 6.07) is 17.3. The Morgan fingerprint density at radius 2 is 1.73 bits per heavy atom. The Bertz CT molecular complexity index is 622. The summed E-state index contributed by atoms with van der Waals surface area (Å²) in [6.45, 7) is 7.85. The SMILES string of the molecule is Cc1cccc(C)c1C=CC1CCN(Cc2ccccc2)C1. The summed E-state index contributed by atoms with van der Waals surface area (Å²) in [5, 5.41) is 0. The normalized spacial score (nSPS) is 19.1. The van der Waals surface area contributed by atoms with E-state index in [1.165, 1.54) is 41.8 Å². The van der Waals surface area contributed by atoms with Gasteiger partial charge in [-0.1, -0.05) is 60.7 Å². The van der Waals surface area contributed by atoms with Gasteiger partial charge in [-0.25, -0.2) is 0 Å². The van der Waals surface area contributed by atoms with Crippen LogP contribution in [-0.2, 0) is 6.54 Å². The van der Waals surface area contributed by atoms with Crippen LogP contribution in [0.1, 0.15) is 28.7 Å². The predicted molar refractivity (Wildman–Crippen MR) is 94.8 cm³/mol. The van der Waals surface area contributed by atoms with Gasteiger partial charge in [0.15, 0.2) is 0 Å². The number of nitrogens with zero attached hydrogens (tertiary/aromatic N) is 1. The first-order chi connectivity index (χ1) is 10.7. The molecule has 2 aromatic carbocycles. The topological polar surface area (TPSA) is 3.24 Å². The van der Waals surface area contributed by atoms with E-state index in [1.807, 2.05) is 0 Å². The first-order valence-electron chi connectivity index (χ1n) is 8.23. The molecule has 0 aromatic heterocycles. The van der Waals surface area contributed by atoms with Gasteiger partial charge >= 0.3 is 0 Å². The number of hydrogen-bond donors (Lipinski definition) is 0. The van der Waals surface area contributed by atoms with E-state index in [0.717, 1.165) is 6.54 Å². The smallest absolute Gasteiger partial charge is 0.0233 e. The summed E-state index contributed by atoms with van der Waals surface area (Å²) in [5.74, 6) is 0.683. The molecule has 1 fully saturated rings. The number of benzene rings is 2. The van der Waals surface area contributed by atoms with Crippen LogP contribution < -0.4 is 0 Å². The molecule has 0 spiro atoms. The van der Waals surface area contributed by atoms with E-state index in [2.05, 4.69) is 79.4 Å². The van der Waals surface area contributed by atoms with E-state index in [1.54, 1.807) is 0 Å². The van der Waals surface area contributed by atoms with E-state index in [9.17, 15) is 0 Å². The molecule has 0 radical (unpaired) electrons. The van der Waals surface area contributed by atoms with Crippen LogP contribution in [0.2, 0.25) is 0 Å². The maximum atomic E-state index is 2.56. The molecule has 1 heterocycles. The van der Waals surface area contributed by atoms with Crippen LogP contribution in [0.25, 0.3) is 6.08 Å². The van der Waals surface area contributed by atoms with Crippen LogP contribution in [0, 0.1) is 19.8 Å². The molecule has 0 bridgehead atoms. The van der Waals surface area contributed by atoms with Crippen LogP contribution >= 0.6 is 0 Å². The average molecular weight is 291 g/mol. The summed E-state index contributed by atoms with van der Waals surface area (Å²) < 4.78 is 0. The molecule has 0 N–H and O–H groups in total. The zero-order valence-electron chi connectivity index (χ0n) is 13.6. The summed E-state index contributed by atoms with van der Waals surface area (Å²) in [5.41, 5.74) is 5.55.